The first-order chi connectivity index (χ1) is 12.8. The van der Waals surface area contributed by atoms with Crippen LogP contribution in [0.3, 0.4) is 0 Å². The topological polar surface area (TPSA) is 24.7 Å². The molecule has 0 aromatic heterocycles. The van der Waals surface area contributed by atoms with Crippen LogP contribution in [0.25, 0.3) is 0 Å². The summed E-state index contributed by atoms with van der Waals surface area (Å²) in [5, 5.41) is 0. The minimum absolute atomic E-state index is 0.288. The molecule has 2 atom stereocenters. The predicted octanol–water partition coefficient (Wildman–Crippen LogP) is 5.98. The highest BCUT2D eigenvalue weighted by Gasteiger charge is 2.23. The Morgan fingerprint density at radius 1 is 0.731 bits per heavy atom. The average Bonchev–Trinajstić information content (AvgIpc) is 2.71. The summed E-state index contributed by atoms with van der Waals surface area (Å²) in [5.74, 6) is 0. The van der Waals surface area contributed by atoms with Crippen molar-refractivity contribution in [2.24, 2.45) is 9.98 Å². The Morgan fingerprint density at radius 3 is 1.58 bits per heavy atom. The molecule has 1 aliphatic rings. The van der Waals surface area contributed by atoms with Crippen LogP contribution >= 0.6 is 23.5 Å². The molecule has 0 bridgehead atoms. The highest BCUT2D eigenvalue weighted by Crippen LogP contribution is 2.26. The Morgan fingerprint density at radius 2 is 1.15 bits per heavy atom. The molecule has 0 saturated heterocycles. The van der Waals surface area contributed by atoms with Crippen LogP contribution in [-0.2, 0) is 0 Å². The van der Waals surface area contributed by atoms with Crippen LogP contribution in [0.15, 0.2) is 68.3 Å². The smallest absolute Gasteiger partial charge is 0.0723 e. The molecule has 2 aromatic rings. The molecule has 0 heterocycles. The van der Waals surface area contributed by atoms with Gasteiger partial charge in [-0.15, -0.1) is 23.5 Å². The summed E-state index contributed by atoms with van der Waals surface area (Å²) in [4.78, 5) is 12.4. The second kappa shape index (κ2) is 9.98. The Balaban J connectivity index is 1.75. The fourth-order valence-corrected chi connectivity index (χ4v) is 4.48. The van der Waals surface area contributed by atoms with Gasteiger partial charge in [-0.2, -0.15) is 0 Å². The van der Waals surface area contributed by atoms with Crippen LogP contribution in [-0.4, -0.2) is 37.0 Å². The van der Waals surface area contributed by atoms with Crippen molar-refractivity contribution in [1.29, 1.82) is 0 Å². The zero-order valence-corrected chi connectivity index (χ0v) is 17.1. The molecule has 0 amide bonds. The molecule has 1 fully saturated rings. The van der Waals surface area contributed by atoms with Gasteiger partial charge in [0.05, 0.1) is 12.1 Å². The van der Waals surface area contributed by atoms with Gasteiger partial charge in [-0.05, 0) is 37.5 Å². The second-order valence-electron chi connectivity index (χ2n) is 6.46. The first-order valence-electron chi connectivity index (χ1n) is 9.14. The van der Waals surface area contributed by atoms with Crippen LogP contribution in [0.2, 0.25) is 0 Å². The molecule has 2 aromatic carbocycles. The highest BCUT2D eigenvalue weighted by atomic mass is 32.2. The minimum atomic E-state index is 0.288. The molecule has 4 heteroatoms. The lowest BCUT2D eigenvalue weighted by Gasteiger charge is -2.25. The number of nitrogens with zero attached hydrogens (tertiary/aromatic N) is 2. The lowest BCUT2D eigenvalue weighted by molar-refractivity contribution is 0.390. The van der Waals surface area contributed by atoms with Crippen molar-refractivity contribution in [3.63, 3.8) is 0 Å². The quantitative estimate of drug-likeness (QED) is 0.453. The molecular weight excluding hydrogens is 356 g/mol. The van der Waals surface area contributed by atoms with E-state index in [2.05, 4.69) is 73.5 Å². The van der Waals surface area contributed by atoms with E-state index in [0.29, 0.717) is 0 Å². The monoisotopic (exact) mass is 382 g/mol. The maximum atomic E-state index is 4.94. The maximum absolute atomic E-state index is 4.94. The third-order valence-electron chi connectivity index (χ3n) is 4.78. The Labute approximate surface area is 165 Å². The van der Waals surface area contributed by atoms with Crippen LogP contribution in [0.1, 0.15) is 36.8 Å². The molecule has 3 rings (SSSR count). The van der Waals surface area contributed by atoms with E-state index in [0.717, 1.165) is 12.8 Å². The average molecular weight is 383 g/mol. The fourth-order valence-electron chi connectivity index (χ4n) is 3.34. The van der Waals surface area contributed by atoms with E-state index < -0.39 is 0 Å². The molecule has 1 aliphatic carbocycles. The molecule has 0 spiro atoms. The molecule has 0 radical (unpaired) electrons. The van der Waals surface area contributed by atoms with Gasteiger partial charge >= 0.3 is 0 Å². The van der Waals surface area contributed by atoms with Gasteiger partial charge in [-0.1, -0.05) is 49.2 Å². The van der Waals surface area contributed by atoms with Gasteiger partial charge in [0.25, 0.3) is 0 Å². The lowest BCUT2D eigenvalue weighted by Crippen LogP contribution is -2.27. The van der Waals surface area contributed by atoms with E-state index in [1.165, 1.54) is 33.8 Å². The predicted molar refractivity (Wildman–Crippen MR) is 118 cm³/mol. The van der Waals surface area contributed by atoms with E-state index in [1.54, 1.807) is 23.5 Å². The van der Waals surface area contributed by atoms with Gasteiger partial charge in [-0.25, -0.2) is 0 Å². The summed E-state index contributed by atoms with van der Waals surface area (Å²) >= 11 is 3.54. The largest absolute Gasteiger partial charge is 0.287 e. The Kier molecular flexibility index (Phi) is 7.39. The summed E-state index contributed by atoms with van der Waals surface area (Å²) in [6.45, 7) is 0. The molecule has 26 heavy (non-hydrogen) atoms. The highest BCUT2D eigenvalue weighted by molar-refractivity contribution is 7.98. The Hall–Kier alpha value is -1.52. The number of benzene rings is 2. The second-order valence-corrected chi connectivity index (χ2v) is 8.16. The number of thioether (sulfide) groups is 2. The van der Waals surface area contributed by atoms with E-state index >= 15 is 0 Å². The van der Waals surface area contributed by atoms with Gasteiger partial charge < -0.3 is 0 Å². The van der Waals surface area contributed by atoms with Crippen molar-refractivity contribution in [3.8, 4) is 0 Å². The van der Waals surface area contributed by atoms with E-state index in [9.17, 15) is 0 Å². The van der Waals surface area contributed by atoms with Crippen molar-refractivity contribution in [2.45, 2.75) is 47.6 Å². The summed E-state index contributed by atoms with van der Waals surface area (Å²) in [7, 11) is 0. The molecule has 2 nitrogen and oxygen atoms in total. The summed E-state index contributed by atoms with van der Waals surface area (Å²) in [6, 6.07) is 17.5. The van der Waals surface area contributed by atoms with Crippen molar-refractivity contribution >= 4 is 36.0 Å². The zero-order valence-electron chi connectivity index (χ0n) is 15.5. The van der Waals surface area contributed by atoms with Crippen molar-refractivity contribution in [2.75, 3.05) is 12.5 Å². The molecule has 136 valence electrons. The molecule has 0 aliphatic heterocycles. The number of aliphatic imine (C=N–C) groups is 2. The minimum Gasteiger partial charge on any atom is -0.287 e. The summed E-state index contributed by atoms with van der Waals surface area (Å²) in [6.07, 6.45) is 13.1. The molecule has 1 saturated carbocycles. The fraction of sp³-hybridized carbons (Fsp3) is 0.364. The Bertz CT molecular complexity index is 705. The number of rotatable bonds is 6. The molecule has 0 unspecified atom stereocenters. The SMILES string of the molecule is CSc1ccccc1C=N[C@@H]1CCCC[C@H]1N=Cc1ccccc1SC. The number of hydrogen-bond acceptors (Lipinski definition) is 4. The standard InChI is InChI=1S/C22H26N2S2/c1-25-21-13-7-3-9-17(21)15-23-19-11-5-6-12-20(19)24-16-18-10-4-8-14-22(18)26-2/h3-4,7-10,13-16,19-20H,5-6,11-12H2,1-2H3/t19-,20-/m1/s1. The van der Waals surface area contributed by atoms with Crippen molar-refractivity contribution < 1.29 is 0 Å². The number of hydrogen-bond donors (Lipinski definition) is 0. The van der Waals surface area contributed by atoms with Crippen LogP contribution in [0, 0.1) is 0 Å². The van der Waals surface area contributed by atoms with Gasteiger partial charge in [-0.3, -0.25) is 9.98 Å². The first kappa shape index (κ1) is 19.2. The maximum Gasteiger partial charge on any atom is 0.0723 e. The van der Waals surface area contributed by atoms with Crippen molar-refractivity contribution in [3.05, 3.63) is 59.7 Å². The van der Waals surface area contributed by atoms with Gasteiger partial charge in [0.15, 0.2) is 0 Å². The third-order valence-corrected chi connectivity index (χ3v) is 6.41. The van der Waals surface area contributed by atoms with E-state index in [4.69, 9.17) is 9.98 Å². The first-order valence-corrected chi connectivity index (χ1v) is 11.6. The van der Waals surface area contributed by atoms with Gasteiger partial charge in [0, 0.05) is 33.3 Å². The summed E-state index contributed by atoms with van der Waals surface area (Å²) < 4.78 is 0. The summed E-state index contributed by atoms with van der Waals surface area (Å²) in [5.41, 5.74) is 2.42. The van der Waals surface area contributed by atoms with Crippen LogP contribution in [0.5, 0.6) is 0 Å². The zero-order chi connectivity index (χ0) is 18.2. The van der Waals surface area contributed by atoms with Crippen LogP contribution < -0.4 is 0 Å². The normalized spacial score (nSPS) is 20.8. The van der Waals surface area contributed by atoms with Crippen molar-refractivity contribution in [1.82, 2.24) is 0 Å². The lowest BCUT2D eigenvalue weighted by atomic mass is 9.91. The molecular formula is C22H26N2S2. The third kappa shape index (κ3) is 5.01. The van der Waals surface area contributed by atoms with E-state index in [1.807, 2.05) is 0 Å². The van der Waals surface area contributed by atoms with Gasteiger partial charge in [0.1, 0.15) is 0 Å². The van der Waals surface area contributed by atoms with Gasteiger partial charge in [0.2, 0.25) is 0 Å². The van der Waals surface area contributed by atoms with Crippen LogP contribution in [0.4, 0.5) is 0 Å². The van der Waals surface area contributed by atoms with E-state index in [-0.39, 0.29) is 12.1 Å². The molecule has 0 N–H and O–H groups in total.